The molecule has 1 aromatic heterocycles. The van der Waals surface area contributed by atoms with Crippen LogP contribution in [-0.4, -0.2) is 52.2 Å². The van der Waals surface area contributed by atoms with Crippen LogP contribution in [0.2, 0.25) is 0 Å². The molecule has 1 aromatic rings. The molecule has 5 nitrogen and oxygen atoms in total. The molecule has 0 unspecified atom stereocenters. The summed E-state index contributed by atoms with van der Waals surface area (Å²) in [7, 11) is 0. The van der Waals surface area contributed by atoms with E-state index in [0.29, 0.717) is 6.04 Å². The fourth-order valence-electron chi connectivity index (χ4n) is 2.56. The van der Waals surface area contributed by atoms with E-state index < -0.39 is 0 Å². The number of aromatic nitrogens is 2. The van der Waals surface area contributed by atoms with Crippen LogP contribution in [0.15, 0.2) is 4.52 Å². The zero-order valence-electron chi connectivity index (χ0n) is 12.6. The molecule has 108 valence electrons. The summed E-state index contributed by atoms with van der Waals surface area (Å²) in [4.78, 5) is 9.44. The van der Waals surface area contributed by atoms with Crippen LogP contribution in [0.25, 0.3) is 0 Å². The number of aryl methyl sites for hydroxylation is 1. The van der Waals surface area contributed by atoms with Gasteiger partial charge in [-0.25, -0.2) is 0 Å². The fourth-order valence-corrected chi connectivity index (χ4v) is 2.56. The van der Waals surface area contributed by atoms with Gasteiger partial charge in [0.25, 0.3) is 0 Å². The highest BCUT2D eigenvalue weighted by Gasteiger charge is 2.26. The van der Waals surface area contributed by atoms with Crippen molar-refractivity contribution in [2.24, 2.45) is 0 Å². The summed E-state index contributed by atoms with van der Waals surface area (Å²) in [5.41, 5.74) is 0. The van der Waals surface area contributed by atoms with Gasteiger partial charge in [-0.15, -0.1) is 0 Å². The van der Waals surface area contributed by atoms with Crippen molar-refractivity contribution < 1.29 is 4.52 Å². The molecule has 1 fully saturated rings. The van der Waals surface area contributed by atoms with E-state index in [1.807, 2.05) is 0 Å². The van der Waals surface area contributed by atoms with Gasteiger partial charge < -0.3 is 4.52 Å². The Kier molecular flexibility index (Phi) is 4.93. The monoisotopic (exact) mass is 266 g/mol. The van der Waals surface area contributed by atoms with Crippen molar-refractivity contribution in [3.8, 4) is 0 Å². The maximum atomic E-state index is 5.39. The number of hydrogen-bond donors (Lipinski definition) is 0. The van der Waals surface area contributed by atoms with E-state index in [-0.39, 0.29) is 6.04 Å². The van der Waals surface area contributed by atoms with Crippen LogP contribution in [0.5, 0.6) is 0 Å². The molecule has 0 saturated carbocycles. The Bertz CT molecular complexity index is 383. The van der Waals surface area contributed by atoms with Crippen LogP contribution in [0.3, 0.4) is 0 Å². The van der Waals surface area contributed by atoms with E-state index in [2.05, 4.69) is 47.6 Å². The molecular weight excluding hydrogens is 240 g/mol. The molecule has 1 atom stereocenters. The Labute approximate surface area is 116 Å². The molecule has 0 amide bonds. The minimum Gasteiger partial charge on any atom is -0.338 e. The summed E-state index contributed by atoms with van der Waals surface area (Å²) < 4.78 is 5.39. The van der Waals surface area contributed by atoms with Gasteiger partial charge in [0.15, 0.2) is 5.82 Å². The average Bonchev–Trinajstić information content (AvgIpc) is 2.87. The second-order valence-electron chi connectivity index (χ2n) is 5.64. The SMILES string of the molecule is CCCc1noc([C@@H](C)N2CCN(C(C)C)CC2)n1. The van der Waals surface area contributed by atoms with Crippen LogP contribution >= 0.6 is 0 Å². The standard InChI is InChI=1S/C14H26N4O/c1-5-6-13-15-14(19-16-13)12(4)18-9-7-17(8-10-18)11(2)3/h11-12H,5-10H2,1-4H3/t12-/m1/s1. The van der Waals surface area contributed by atoms with Crippen molar-refractivity contribution in [2.75, 3.05) is 26.2 Å². The summed E-state index contributed by atoms with van der Waals surface area (Å²) in [6.45, 7) is 13.2. The zero-order chi connectivity index (χ0) is 13.8. The van der Waals surface area contributed by atoms with Gasteiger partial charge >= 0.3 is 0 Å². The molecular formula is C14H26N4O. The third kappa shape index (κ3) is 3.54. The summed E-state index contributed by atoms with van der Waals surface area (Å²) in [6, 6.07) is 0.865. The highest BCUT2D eigenvalue weighted by molar-refractivity contribution is 4.93. The number of rotatable bonds is 5. The molecule has 19 heavy (non-hydrogen) atoms. The molecule has 0 aliphatic carbocycles. The molecule has 0 radical (unpaired) electrons. The average molecular weight is 266 g/mol. The predicted molar refractivity (Wildman–Crippen MR) is 75.0 cm³/mol. The van der Waals surface area contributed by atoms with Gasteiger partial charge in [0, 0.05) is 38.6 Å². The number of hydrogen-bond acceptors (Lipinski definition) is 5. The van der Waals surface area contributed by atoms with Gasteiger partial charge in [0.05, 0.1) is 6.04 Å². The third-order valence-electron chi connectivity index (χ3n) is 3.94. The van der Waals surface area contributed by atoms with Crippen molar-refractivity contribution in [3.63, 3.8) is 0 Å². The van der Waals surface area contributed by atoms with Crippen molar-refractivity contribution in [1.82, 2.24) is 19.9 Å². The Morgan fingerprint density at radius 2 is 1.74 bits per heavy atom. The Morgan fingerprint density at radius 1 is 1.11 bits per heavy atom. The predicted octanol–water partition coefficient (Wildman–Crippen LogP) is 2.11. The van der Waals surface area contributed by atoms with Crippen molar-refractivity contribution in [1.29, 1.82) is 0 Å². The zero-order valence-corrected chi connectivity index (χ0v) is 12.6. The minimum atomic E-state index is 0.229. The molecule has 0 N–H and O–H groups in total. The Morgan fingerprint density at radius 3 is 2.32 bits per heavy atom. The lowest BCUT2D eigenvalue weighted by Crippen LogP contribution is -2.49. The molecule has 2 heterocycles. The molecule has 5 heteroatoms. The second kappa shape index (κ2) is 6.48. The molecule has 1 aliphatic rings. The second-order valence-corrected chi connectivity index (χ2v) is 5.64. The molecule has 1 saturated heterocycles. The molecule has 1 aliphatic heterocycles. The smallest absolute Gasteiger partial charge is 0.243 e. The van der Waals surface area contributed by atoms with Crippen LogP contribution < -0.4 is 0 Å². The lowest BCUT2D eigenvalue weighted by molar-refractivity contribution is 0.0722. The van der Waals surface area contributed by atoms with E-state index >= 15 is 0 Å². The summed E-state index contributed by atoms with van der Waals surface area (Å²) in [6.07, 6.45) is 1.96. The first kappa shape index (κ1) is 14.5. The van der Waals surface area contributed by atoms with Crippen molar-refractivity contribution in [3.05, 3.63) is 11.7 Å². The first-order valence-electron chi connectivity index (χ1n) is 7.42. The minimum absolute atomic E-state index is 0.229. The lowest BCUT2D eigenvalue weighted by Gasteiger charge is -2.38. The summed E-state index contributed by atoms with van der Waals surface area (Å²) in [5, 5.41) is 4.04. The molecule has 2 rings (SSSR count). The van der Waals surface area contributed by atoms with Gasteiger partial charge in [0.2, 0.25) is 5.89 Å². The Hall–Kier alpha value is -0.940. The van der Waals surface area contributed by atoms with E-state index in [1.165, 1.54) is 0 Å². The van der Waals surface area contributed by atoms with Crippen LogP contribution in [0.1, 0.15) is 51.9 Å². The van der Waals surface area contributed by atoms with Gasteiger partial charge in [-0.1, -0.05) is 12.1 Å². The highest BCUT2D eigenvalue weighted by atomic mass is 16.5. The summed E-state index contributed by atoms with van der Waals surface area (Å²) in [5.74, 6) is 1.60. The van der Waals surface area contributed by atoms with Gasteiger partial charge in [-0.05, 0) is 27.2 Å². The van der Waals surface area contributed by atoms with Gasteiger partial charge in [-0.3, -0.25) is 9.80 Å². The normalized spacial score (nSPS) is 20.1. The fraction of sp³-hybridized carbons (Fsp3) is 0.857. The first-order chi connectivity index (χ1) is 9.11. The summed E-state index contributed by atoms with van der Waals surface area (Å²) >= 11 is 0. The molecule has 0 spiro atoms. The highest BCUT2D eigenvalue weighted by Crippen LogP contribution is 2.20. The number of nitrogens with zero attached hydrogens (tertiary/aromatic N) is 4. The lowest BCUT2D eigenvalue weighted by atomic mass is 10.2. The van der Waals surface area contributed by atoms with E-state index in [1.54, 1.807) is 0 Å². The topological polar surface area (TPSA) is 45.4 Å². The maximum absolute atomic E-state index is 5.39. The molecule has 0 aromatic carbocycles. The van der Waals surface area contributed by atoms with Gasteiger partial charge in [-0.2, -0.15) is 4.98 Å². The van der Waals surface area contributed by atoms with Crippen LogP contribution in [-0.2, 0) is 6.42 Å². The van der Waals surface area contributed by atoms with E-state index in [9.17, 15) is 0 Å². The number of piperazine rings is 1. The largest absolute Gasteiger partial charge is 0.338 e. The maximum Gasteiger partial charge on any atom is 0.243 e. The van der Waals surface area contributed by atoms with Gasteiger partial charge in [0.1, 0.15) is 0 Å². The van der Waals surface area contributed by atoms with Crippen LogP contribution in [0, 0.1) is 0 Å². The van der Waals surface area contributed by atoms with E-state index in [0.717, 1.165) is 50.7 Å². The molecule has 0 bridgehead atoms. The van der Waals surface area contributed by atoms with E-state index in [4.69, 9.17) is 4.52 Å². The third-order valence-corrected chi connectivity index (χ3v) is 3.94. The first-order valence-corrected chi connectivity index (χ1v) is 7.42. The quantitative estimate of drug-likeness (QED) is 0.817. The van der Waals surface area contributed by atoms with Crippen molar-refractivity contribution >= 4 is 0 Å². The Balaban J connectivity index is 1.91. The van der Waals surface area contributed by atoms with Crippen LogP contribution in [0.4, 0.5) is 0 Å². The van der Waals surface area contributed by atoms with Crippen molar-refractivity contribution in [2.45, 2.75) is 52.6 Å².